The first-order chi connectivity index (χ1) is 11.2. The van der Waals surface area contributed by atoms with Crippen molar-refractivity contribution in [3.05, 3.63) is 65.2 Å². The average molecular weight is 308 g/mol. The molecular formula is C20H24N2O. The number of benzene rings is 2. The maximum Gasteiger partial charge on any atom is 0.241 e. The van der Waals surface area contributed by atoms with Gasteiger partial charge in [-0.3, -0.25) is 4.79 Å². The highest BCUT2D eigenvalue weighted by Gasteiger charge is 2.21. The van der Waals surface area contributed by atoms with Gasteiger partial charge in [-0.2, -0.15) is 0 Å². The van der Waals surface area contributed by atoms with Gasteiger partial charge in [0.2, 0.25) is 5.91 Å². The fraction of sp³-hybridized carbons (Fsp3) is 0.350. The van der Waals surface area contributed by atoms with Gasteiger partial charge in [0.25, 0.3) is 0 Å². The number of nitrogens with one attached hydrogen (secondary N) is 2. The lowest BCUT2D eigenvalue weighted by molar-refractivity contribution is -0.117. The lowest BCUT2D eigenvalue weighted by Gasteiger charge is -2.11. The van der Waals surface area contributed by atoms with Crippen molar-refractivity contribution in [1.82, 2.24) is 5.32 Å². The molecule has 1 heterocycles. The number of hydrogen-bond donors (Lipinski definition) is 2. The molecule has 0 spiro atoms. The van der Waals surface area contributed by atoms with Crippen LogP contribution >= 0.6 is 0 Å². The lowest BCUT2D eigenvalue weighted by atomic mass is 10.0. The molecule has 3 nitrogen and oxygen atoms in total. The molecule has 120 valence electrons. The molecule has 0 radical (unpaired) electrons. The Hall–Kier alpha value is -2.13. The van der Waals surface area contributed by atoms with E-state index in [1.165, 1.54) is 16.7 Å². The summed E-state index contributed by atoms with van der Waals surface area (Å²) in [6, 6.07) is 16.9. The first kappa shape index (κ1) is 15.8. The molecule has 1 atom stereocenters. The largest absolute Gasteiger partial charge is 0.325 e. The number of carbonyl (C=O) groups is 1. The van der Waals surface area contributed by atoms with Crippen molar-refractivity contribution in [3.8, 4) is 0 Å². The molecule has 0 aliphatic carbocycles. The number of aryl methyl sites for hydroxylation is 3. The minimum absolute atomic E-state index is 0.0313. The normalized spacial score (nSPS) is 17.2. The monoisotopic (exact) mass is 308 g/mol. The molecule has 2 N–H and O–H groups in total. The summed E-state index contributed by atoms with van der Waals surface area (Å²) in [6.07, 6.45) is 4.07. The molecule has 1 amide bonds. The van der Waals surface area contributed by atoms with Crippen molar-refractivity contribution < 1.29 is 4.79 Å². The number of carbonyl (C=O) groups excluding carboxylic acids is 1. The van der Waals surface area contributed by atoms with E-state index in [4.69, 9.17) is 0 Å². The van der Waals surface area contributed by atoms with Crippen molar-refractivity contribution >= 4 is 11.6 Å². The molecule has 1 aliphatic rings. The third kappa shape index (κ3) is 4.42. The minimum Gasteiger partial charge on any atom is -0.325 e. The SMILES string of the molecule is Cc1ccc(CCc2ccc(NC(=O)C3CCCN3)cc2)cc1. The number of rotatable bonds is 5. The van der Waals surface area contributed by atoms with Gasteiger partial charge < -0.3 is 10.6 Å². The van der Waals surface area contributed by atoms with Gasteiger partial charge in [-0.05, 0) is 62.4 Å². The van der Waals surface area contributed by atoms with Crippen LogP contribution in [-0.4, -0.2) is 18.5 Å². The van der Waals surface area contributed by atoms with Crippen LogP contribution in [0.4, 0.5) is 5.69 Å². The van der Waals surface area contributed by atoms with E-state index in [1.54, 1.807) is 0 Å². The molecule has 1 unspecified atom stereocenters. The van der Waals surface area contributed by atoms with Crippen LogP contribution in [0.3, 0.4) is 0 Å². The van der Waals surface area contributed by atoms with Gasteiger partial charge in [-0.1, -0.05) is 42.0 Å². The zero-order valence-corrected chi connectivity index (χ0v) is 13.6. The Bertz CT molecular complexity index is 640. The van der Waals surface area contributed by atoms with Crippen molar-refractivity contribution in [1.29, 1.82) is 0 Å². The summed E-state index contributed by atoms with van der Waals surface area (Å²) in [4.78, 5) is 12.1. The van der Waals surface area contributed by atoms with Crippen LogP contribution in [0.5, 0.6) is 0 Å². The van der Waals surface area contributed by atoms with Crippen molar-refractivity contribution in [2.75, 3.05) is 11.9 Å². The highest BCUT2D eigenvalue weighted by atomic mass is 16.2. The minimum atomic E-state index is -0.0313. The molecule has 1 aliphatic heterocycles. The van der Waals surface area contributed by atoms with Crippen LogP contribution in [-0.2, 0) is 17.6 Å². The zero-order valence-electron chi connectivity index (χ0n) is 13.6. The summed E-state index contributed by atoms with van der Waals surface area (Å²) < 4.78 is 0. The van der Waals surface area contributed by atoms with Gasteiger partial charge in [-0.15, -0.1) is 0 Å². The lowest BCUT2D eigenvalue weighted by Crippen LogP contribution is -2.35. The van der Waals surface area contributed by atoms with Crippen LogP contribution in [0.15, 0.2) is 48.5 Å². The van der Waals surface area contributed by atoms with E-state index in [0.29, 0.717) is 0 Å². The number of amides is 1. The fourth-order valence-electron chi connectivity index (χ4n) is 2.94. The molecule has 3 rings (SSSR count). The van der Waals surface area contributed by atoms with Crippen LogP contribution < -0.4 is 10.6 Å². The molecule has 2 aromatic carbocycles. The van der Waals surface area contributed by atoms with Crippen LogP contribution in [0.2, 0.25) is 0 Å². The summed E-state index contributed by atoms with van der Waals surface area (Å²) >= 11 is 0. The van der Waals surface area contributed by atoms with Crippen molar-refractivity contribution in [3.63, 3.8) is 0 Å². The number of anilines is 1. The highest BCUT2D eigenvalue weighted by molar-refractivity contribution is 5.95. The summed E-state index contributed by atoms with van der Waals surface area (Å²) in [5.74, 6) is 0.0786. The van der Waals surface area contributed by atoms with Gasteiger partial charge in [0.05, 0.1) is 6.04 Å². The quantitative estimate of drug-likeness (QED) is 0.888. The maximum absolute atomic E-state index is 12.1. The first-order valence-corrected chi connectivity index (χ1v) is 8.39. The van der Waals surface area contributed by atoms with Gasteiger partial charge in [0, 0.05) is 5.69 Å². The second-order valence-electron chi connectivity index (χ2n) is 6.32. The molecule has 1 saturated heterocycles. The molecule has 3 heteroatoms. The van der Waals surface area contributed by atoms with Gasteiger partial charge in [0.15, 0.2) is 0 Å². The molecule has 2 aromatic rings. The van der Waals surface area contributed by atoms with E-state index in [-0.39, 0.29) is 11.9 Å². The van der Waals surface area contributed by atoms with E-state index >= 15 is 0 Å². The maximum atomic E-state index is 12.1. The molecule has 0 aromatic heterocycles. The Morgan fingerprint density at radius 2 is 1.65 bits per heavy atom. The van der Waals surface area contributed by atoms with Gasteiger partial charge in [-0.25, -0.2) is 0 Å². The fourth-order valence-corrected chi connectivity index (χ4v) is 2.94. The zero-order chi connectivity index (χ0) is 16.1. The summed E-state index contributed by atoms with van der Waals surface area (Å²) in [5, 5.41) is 6.21. The molecule has 0 bridgehead atoms. The Balaban J connectivity index is 1.52. The van der Waals surface area contributed by atoms with Gasteiger partial charge >= 0.3 is 0 Å². The molecule has 0 saturated carbocycles. The Kier molecular flexibility index (Phi) is 5.09. The highest BCUT2D eigenvalue weighted by Crippen LogP contribution is 2.14. The first-order valence-electron chi connectivity index (χ1n) is 8.39. The third-order valence-electron chi connectivity index (χ3n) is 4.42. The predicted octanol–water partition coefficient (Wildman–Crippen LogP) is 3.47. The standard InChI is InChI=1S/C20H24N2O/c1-15-4-6-16(7-5-15)8-9-17-10-12-18(13-11-17)22-20(23)19-3-2-14-21-19/h4-7,10-13,19,21H,2-3,8-9,14H2,1H3,(H,22,23). The number of hydrogen-bond acceptors (Lipinski definition) is 2. The Labute approximate surface area is 138 Å². The van der Waals surface area contributed by atoms with Crippen molar-refractivity contribution in [2.24, 2.45) is 0 Å². The van der Waals surface area contributed by atoms with E-state index in [1.807, 2.05) is 12.1 Å². The molecule has 23 heavy (non-hydrogen) atoms. The van der Waals surface area contributed by atoms with Crippen molar-refractivity contribution in [2.45, 2.75) is 38.6 Å². The van der Waals surface area contributed by atoms with E-state index in [2.05, 4.69) is 54.0 Å². The third-order valence-corrected chi connectivity index (χ3v) is 4.42. The molecule has 1 fully saturated rings. The second-order valence-corrected chi connectivity index (χ2v) is 6.32. The van der Waals surface area contributed by atoms with Gasteiger partial charge in [0.1, 0.15) is 0 Å². The van der Waals surface area contributed by atoms with E-state index in [0.717, 1.165) is 37.9 Å². The summed E-state index contributed by atoms with van der Waals surface area (Å²) in [7, 11) is 0. The summed E-state index contributed by atoms with van der Waals surface area (Å²) in [5.41, 5.74) is 4.83. The van der Waals surface area contributed by atoms with Crippen LogP contribution in [0.25, 0.3) is 0 Å². The Morgan fingerprint density at radius 3 is 2.22 bits per heavy atom. The van der Waals surface area contributed by atoms with E-state index < -0.39 is 0 Å². The summed E-state index contributed by atoms with van der Waals surface area (Å²) in [6.45, 7) is 3.05. The average Bonchev–Trinajstić information content (AvgIpc) is 3.10. The van der Waals surface area contributed by atoms with Crippen LogP contribution in [0.1, 0.15) is 29.5 Å². The second kappa shape index (κ2) is 7.42. The van der Waals surface area contributed by atoms with Crippen LogP contribution in [0, 0.1) is 6.92 Å². The Morgan fingerprint density at radius 1 is 1.04 bits per heavy atom. The topological polar surface area (TPSA) is 41.1 Å². The predicted molar refractivity (Wildman–Crippen MR) is 94.7 cm³/mol. The van der Waals surface area contributed by atoms with E-state index in [9.17, 15) is 4.79 Å². The smallest absolute Gasteiger partial charge is 0.241 e. The molecular weight excluding hydrogens is 284 g/mol.